The smallest absolute Gasteiger partial charge is 0.247 e. The molecule has 162 valence electrons. The molecule has 1 heterocycles. The van der Waals surface area contributed by atoms with Crippen LogP contribution in [0.5, 0.6) is 0 Å². The van der Waals surface area contributed by atoms with Crippen LogP contribution in [0.15, 0.2) is 88.3 Å². The zero-order valence-electron chi connectivity index (χ0n) is 16.9. The van der Waals surface area contributed by atoms with Crippen molar-refractivity contribution >= 4 is 67.6 Å². The van der Waals surface area contributed by atoms with Crippen LogP contribution in [0.25, 0.3) is 0 Å². The molecule has 3 aromatic carbocycles. The Kier molecular flexibility index (Phi) is 7.29. The third kappa shape index (κ3) is 5.59. The fraction of sp³-hybridized carbons (Fsp3) is 0.125. The van der Waals surface area contributed by atoms with E-state index < -0.39 is 5.25 Å². The van der Waals surface area contributed by atoms with Crippen LogP contribution in [-0.2, 0) is 16.1 Å². The molecular formula is C24H19BrClN3O2S. The summed E-state index contributed by atoms with van der Waals surface area (Å²) in [5, 5.41) is 3.97. The van der Waals surface area contributed by atoms with Gasteiger partial charge in [0.25, 0.3) is 0 Å². The largest absolute Gasteiger partial charge is 0.335 e. The van der Waals surface area contributed by atoms with E-state index in [9.17, 15) is 9.59 Å². The molecule has 0 spiro atoms. The van der Waals surface area contributed by atoms with Gasteiger partial charge in [0.2, 0.25) is 11.8 Å². The van der Waals surface area contributed by atoms with Crippen LogP contribution >= 0.6 is 39.3 Å². The van der Waals surface area contributed by atoms with Crippen LogP contribution in [0.2, 0.25) is 5.02 Å². The highest BCUT2D eigenvalue weighted by Gasteiger charge is 2.40. The van der Waals surface area contributed by atoms with E-state index in [0.717, 1.165) is 15.7 Å². The number of carbonyl (C=O) groups excluding carboxylic acids is 2. The number of carbonyl (C=O) groups is 2. The summed E-state index contributed by atoms with van der Waals surface area (Å²) in [6.07, 6.45) is 0.118. The summed E-state index contributed by atoms with van der Waals surface area (Å²) in [5.41, 5.74) is 2.41. The van der Waals surface area contributed by atoms with Crippen LogP contribution in [0.3, 0.4) is 0 Å². The summed E-state index contributed by atoms with van der Waals surface area (Å²) < 4.78 is 0.808. The van der Waals surface area contributed by atoms with Crippen LogP contribution in [0, 0.1) is 0 Å². The Labute approximate surface area is 204 Å². The van der Waals surface area contributed by atoms with E-state index in [0.29, 0.717) is 22.4 Å². The molecular weight excluding hydrogens is 510 g/mol. The molecule has 8 heteroatoms. The minimum Gasteiger partial charge on any atom is -0.335 e. The fourth-order valence-corrected chi connectivity index (χ4v) is 4.75. The first kappa shape index (κ1) is 22.6. The number of amidine groups is 1. The minimum atomic E-state index is -0.554. The molecule has 2 amide bonds. The molecule has 0 unspecified atom stereocenters. The first-order valence-electron chi connectivity index (χ1n) is 9.89. The summed E-state index contributed by atoms with van der Waals surface area (Å²) >= 11 is 10.6. The normalized spacial score (nSPS) is 16.5. The van der Waals surface area contributed by atoms with Crippen molar-refractivity contribution in [3.05, 3.63) is 93.9 Å². The molecule has 32 heavy (non-hydrogen) atoms. The van der Waals surface area contributed by atoms with Crippen LogP contribution in [0.4, 0.5) is 11.4 Å². The second-order valence-corrected chi connectivity index (χ2v) is 9.64. The number of hydrogen-bond acceptors (Lipinski definition) is 4. The third-order valence-corrected chi connectivity index (χ3v) is 6.62. The number of thioether (sulfide) groups is 1. The Morgan fingerprint density at radius 3 is 2.53 bits per heavy atom. The first-order valence-corrected chi connectivity index (χ1v) is 11.9. The van der Waals surface area contributed by atoms with Gasteiger partial charge in [0, 0.05) is 21.6 Å². The van der Waals surface area contributed by atoms with E-state index in [-0.39, 0.29) is 18.2 Å². The van der Waals surface area contributed by atoms with Gasteiger partial charge in [0.15, 0.2) is 5.17 Å². The number of amides is 2. The van der Waals surface area contributed by atoms with Crippen molar-refractivity contribution in [3.8, 4) is 0 Å². The van der Waals surface area contributed by atoms with Crippen LogP contribution in [-0.4, -0.2) is 22.2 Å². The number of nitrogens with zero attached hydrogens (tertiary/aromatic N) is 2. The van der Waals surface area contributed by atoms with E-state index in [4.69, 9.17) is 11.6 Å². The van der Waals surface area contributed by atoms with Crippen molar-refractivity contribution in [2.45, 2.75) is 18.2 Å². The fourth-order valence-electron chi connectivity index (χ4n) is 3.22. The maximum atomic E-state index is 13.1. The lowest BCUT2D eigenvalue weighted by atomic mass is 10.2. The first-order chi connectivity index (χ1) is 15.5. The molecule has 0 saturated carbocycles. The average Bonchev–Trinajstić information content (AvgIpc) is 3.06. The van der Waals surface area contributed by atoms with E-state index in [1.165, 1.54) is 16.7 Å². The second kappa shape index (κ2) is 10.3. The Balaban J connectivity index is 1.54. The Hall–Kier alpha value is -2.61. The summed E-state index contributed by atoms with van der Waals surface area (Å²) in [6.45, 7) is 0.420. The number of imide groups is 1. The molecule has 1 aliphatic rings. The lowest BCUT2D eigenvalue weighted by Gasteiger charge is -2.16. The van der Waals surface area contributed by atoms with Gasteiger partial charge in [0.05, 0.1) is 12.2 Å². The predicted octanol–water partition coefficient (Wildman–Crippen LogP) is 6.14. The van der Waals surface area contributed by atoms with E-state index in [1.54, 1.807) is 18.2 Å². The zero-order chi connectivity index (χ0) is 22.5. The highest BCUT2D eigenvalue weighted by Crippen LogP contribution is 2.32. The van der Waals surface area contributed by atoms with Crippen molar-refractivity contribution in [2.24, 2.45) is 4.99 Å². The number of benzene rings is 3. The number of nitrogens with one attached hydrogen (secondary N) is 1. The van der Waals surface area contributed by atoms with Gasteiger partial charge in [-0.15, -0.1) is 0 Å². The van der Waals surface area contributed by atoms with Crippen molar-refractivity contribution < 1.29 is 9.59 Å². The SMILES string of the molecule is O=C1C[C@@H](SC(=NCc2ccc(Cl)cc2)Nc2ccccc2)C(=O)N1c1cccc(Br)c1. The summed E-state index contributed by atoms with van der Waals surface area (Å²) in [5.74, 6) is -0.463. The Morgan fingerprint density at radius 2 is 1.81 bits per heavy atom. The zero-order valence-corrected chi connectivity index (χ0v) is 20.0. The van der Waals surface area contributed by atoms with Gasteiger partial charge in [-0.1, -0.05) is 75.7 Å². The van der Waals surface area contributed by atoms with Crippen LogP contribution in [0.1, 0.15) is 12.0 Å². The number of para-hydroxylation sites is 1. The van der Waals surface area contributed by atoms with Gasteiger partial charge in [0.1, 0.15) is 5.25 Å². The molecule has 5 nitrogen and oxygen atoms in total. The number of rotatable bonds is 5. The molecule has 1 atom stereocenters. The van der Waals surface area contributed by atoms with Crippen molar-refractivity contribution in [1.29, 1.82) is 0 Å². The van der Waals surface area contributed by atoms with Gasteiger partial charge < -0.3 is 5.32 Å². The average molecular weight is 529 g/mol. The van der Waals surface area contributed by atoms with Gasteiger partial charge >= 0.3 is 0 Å². The Bertz CT molecular complexity index is 1160. The molecule has 1 aliphatic heterocycles. The second-order valence-electron chi connectivity index (χ2n) is 7.10. The van der Waals surface area contributed by atoms with Gasteiger partial charge in [-0.25, -0.2) is 4.90 Å². The number of halogens is 2. The lowest BCUT2D eigenvalue weighted by molar-refractivity contribution is -0.121. The molecule has 4 rings (SSSR count). The summed E-state index contributed by atoms with van der Waals surface area (Å²) in [6, 6.07) is 24.3. The van der Waals surface area contributed by atoms with Gasteiger partial charge in [-0.2, -0.15) is 0 Å². The maximum absolute atomic E-state index is 13.1. The number of aliphatic imine (C=N–C) groups is 1. The van der Waals surface area contributed by atoms with Crippen molar-refractivity contribution in [3.63, 3.8) is 0 Å². The number of hydrogen-bond donors (Lipinski definition) is 1. The molecule has 0 bridgehead atoms. The minimum absolute atomic E-state index is 0.118. The number of anilines is 2. The maximum Gasteiger partial charge on any atom is 0.247 e. The predicted molar refractivity (Wildman–Crippen MR) is 135 cm³/mol. The lowest BCUT2D eigenvalue weighted by Crippen LogP contribution is -2.31. The van der Waals surface area contributed by atoms with Crippen molar-refractivity contribution in [1.82, 2.24) is 0 Å². The summed E-state index contributed by atoms with van der Waals surface area (Å²) in [7, 11) is 0. The highest BCUT2D eigenvalue weighted by molar-refractivity contribution is 9.10. The molecule has 1 fully saturated rings. The van der Waals surface area contributed by atoms with E-state index >= 15 is 0 Å². The van der Waals surface area contributed by atoms with E-state index in [1.807, 2.05) is 60.7 Å². The monoisotopic (exact) mass is 527 g/mol. The quantitative estimate of drug-likeness (QED) is 0.246. The molecule has 1 saturated heterocycles. The van der Waals surface area contributed by atoms with E-state index in [2.05, 4.69) is 26.2 Å². The molecule has 0 aromatic heterocycles. The standard InChI is InChI=1S/C24H19BrClN3O2S/c25-17-5-4-8-20(13-17)29-22(30)14-21(23(29)31)32-24(28-19-6-2-1-3-7-19)27-15-16-9-11-18(26)12-10-16/h1-13,21H,14-15H2,(H,27,28)/t21-/m1/s1. The Morgan fingerprint density at radius 1 is 1.06 bits per heavy atom. The van der Waals surface area contributed by atoms with Gasteiger partial charge in [-0.3, -0.25) is 14.6 Å². The highest BCUT2D eigenvalue weighted by atomic mass is 79.9. The third-order valence-electron chi connectivity index (χ3n) is 4.77. The van der Waals surface area contributed by atoms with Gasteiger partial charge in [-0.05, 0) is 48.0 Å². The van der Waals surface area contributed by atoms with Crippen molar-refractivity contribution in [2.75, 3.05) is 10.2 Å². The molecule has 0 aliphatic carbocycles. The molecule has 1 N–H and O–H groups in total. The topological polar surface area (TPSA) is 61.8 Å². The molecule has 3 aromatic rings. The summed E-state index contributed by atoms with van der Waals surface area (Å²) in [4.78, 5) is 31.7. The van der Waals surface area contributed by atoms with Crippen LogP contribution < -0.4 is 10.2 Å². The molecule has 0 radical (unpaired) electrons.